The van der Waals surface area contributed by atoms with Crippen molar-refractivity contribution in [3.05, 3.63) is 70.7 Å². The van der Waals surface area contributed by atoms with Gasteiger partial charge in [0.25, 0.3) is 0 Å². The number of fused-ring (bicyclic) bond motifs is 1. The molecule has 2 aliphatic heterocycles. The van der Waals surface area contributed by atoms with Gasteiger partial charge in [0.1, 0.15) is 5.75 Å². The lowest BCUT2D eigenvalue weighted by Crippen LogP contribution is -2.17. The number of aliphatic imine (C=N–C) groups is 1. The van der Waals surface area contributed by atoms with Crippen LogP contribution in [0.4, 0.5) is 0 Å². The molecular weight excluding hydrogens is 312 g/mol. The molecule has 1 aromatic carbocycles. The number of nitrogens with zero attached hydrogens (tertiary/aromatic N) is 3. The van der Waals surface area contributed by atoms with Crippen molar-refractivity contribution in [1.82, 2.24) is 9.88 Å². The number of pyridine rings is 1. The van der Waals surface area contributed by atoms with Crippen molar-refractivity contribution in [2.75, 3.05) is 26.7 Å². The van der Waals surface area contributed by atoms with Gasteiger partial charge in [-0.3, -0.25) is 14.9 Å². The van der Waals surface area contributed by atoms with Crippen molar-refractivity contribution in [3.63, 3.8) is 0 Å². The minimum absolute atomic E-state index is 0.594. The highest BCUT2D eigenvalue weighted by atomic mass is 16.5. The smallest absolute Gasteiger partial charge is 0.122 e. The van der Waals surface area contributed by atoms with Gasteiger partial charge in [0.15, 0.2) is 0 Å². The summed E-state index contributed by atoms with van der Waals surface area (Å²) in [7, 11) is 2.08. The maximum Gasteiger partial charge on any atom is 0.122 e. The first-order chi connectivity index (χ1) is 12.2. The molecule has 0 fully saturated rings. The molecule has 5 nitrogen and oxygen atoms in total. The lowest BCUT2D eigenvalue weighted by atomic mass is 9.99. The Labute approximate surface area is 147 Å². The number of hydrogen-bond acceptors (Lipinski definition) is 5. The first kappa shape index (κ1) is 15.8. The third-order valence-electron chi connectivity index (χ3n) is 4.65. The SMILES string of the molecule is CN1CC(N)=C(C(=NCc2cccnc2)c2ccc3c(c2)CCO3)C1. The van der Waals surface area contributed by atoms with E-state index in [1.807, 2.05) is 24.4 Å². The van der Waals surface area contributed by atoms with Gasteiger partial charge >= 0.3 is 0 Å². The number of ether oxygens (including phenoxy) is 1. The fourth-order valence-corrected chi connectivity index (χ4v) is 3.40. The van der Waals surface area contributed by atoms with E-state index in [1.54, 1.807) is 6.20 Å². The summed E-state index contributed by atoms with van der Waals surface area (Å²) < 4.78 is 5.63. The predicted molar refractivity (Wildman–Crippen MR) is 98.8 cm³/mol. The number of rotatable bonds is 4. The molecule has 2 aromatic rings. The summed E-state index contributed by atoms with van der Waals surface area (Å²) in [5, 5.41) is 0. The zero-order valence-corrected chi connectivity index (χ0v) is 14.4. The Hall–Kier alpha value is -2.66. The molecule has 3 heterocycles. The van der Waals surface area contributed by atoms with Crippen molar-refractivity contribution in [2.45, 2.75) is 13.0 Å². The normalized spacial score (nSPS) is 17.7. The molecule has 1 aromatic heterocycles. The minimum Gasteiger partial charge on any atom is -0.493 e. The number of hydrogen-bond donors (Lipinski definition) is 1. The lowest BCUT2D eigenvalue weighted by Gasteiger charge is -2.12. The second kappa shape index (κ2) is 6.69. The van der Waals surface area contributed by atoms with Crippen molar-refractivity contribution < 1.29 is 4.74 Å². The molecule has 0 amide bonds. The summed E-state index contributed by atoms with van der Waals surface area (Å²) in [6, 6.07) is 10.3. The molecule has 5 heteroatoms. The minimum atomic E-state index is 0.594. The van der Waals surface area contributed by atoms with E-state index in [0.717, 1.165) is 60.0 Å². The highest BCUT2D eigenvalue weighted by Crippen LogP contribution is 2.28. The van der Waals surface area contributed by atoms with Crippen LogP contribution in [0.5, 0.6) is 5.75 Å². The standard InChI is InChI=1S/C20H22N4O/c1-24-12-17(18(21)13-24)20(23-11-14-3-2-7-22-10-14)16-4-5-19-15(9-16)6-8-25-19/h2-5,7,9-10H,6,8,11-13,21H2,1H3. The van der Waals surface area contributed by atoms with Gasteiger partial charge in [0.2, 0.25) is 0 Å². The molecule has 0 spiro atoms. The zero-order valence-electron chi connectivity index (χ0n) is 14.4. The predicted octanol–water partition coefficient (Wildman–Crippen LogP) is 2.16. The fraction of sp³-hybridized carbons (Fsp3) is 0.300. The van der Waals surface area contributed by atoms with Gasteiger partial charge in [-0.25, -0.2) is 0 Å². The maximum absolute atomic E-state index is 6.31. The van der Waals surface area contributed by atoms with Crippen molar-refractivity contribution >= 4 is 5.71 Å². The summed E-state index contributed by atoms with van der Waals surface area (Å²) in [6.45, 7) is 2.96. The number of aromatic nitrogens is 1. The monoisotopic (exact) mass is 334 g/mol. The molecule has 0 unspecified atom stereocenters. The van der Waals surface area contributed by atoms with Crippen LogP contribution in [-0.4, -0.2) is 42.3 Å². The molecule has 0 aliphatic carbocycles. The van der Waals surface area contributed by atoms with Gasteiger partial charge in [-0.05, 0) is 42.4 Å². The Bertz CT molecular complexity index is 842. The van der Waals surface area contributed by atoms with Crippen molar-refractivity contribution in [3.8, 4) is 5.75 Å². The van der Waals surface area contributed by atoms with Crippen LogP contribution in [0.3, 0.4) is 0 Å². The topological polar surface area (TPSA) is 63.7 Å². The Morgan fingerprint density at radius 2 is 2.24 bits per heavy atom. The van der Waals surface area contributed by atoms with Crippen molar-refractivity contribution in [2.24, 2.45) is 10.7 Å². The van der Waals surface area contributed by atoms with Gasteiger partial charge in [-0.15, -0.1) is 0 Å². The first-order valence-corrected chi connectivity index (χ1v) is 8.56. The third kappa shape index (κ3) is 3.28. The van der Waals surface area contributed by atoms with E-state index < -0.39 is 0 Å². The molecule has 0 bridgehead atoms. The van der Waals surface area contributed by atoms with Gasteiger partial charge in [-0.2, -0.15) is 0 Å². The summed E-state index contributed by atoms with van der Waals surface area (Å²) in [6.07, 6.45) is 4.59. The van der Waals surface area contributed by atoms with E-state index in [1.165, 1.54) is 5.56 Å². The molecule has 2 aliphatic rings. The van der Waals surface area contributed by atoms with Gasteiger partial charge in [0.05, 0.1) is 18.9 Å². The Morgan fingerprint density at radius 1 is 1.32 bits per heavy atom. The molecule has 128 valence electrons. The largest absolute Gasteiger partial charge is 0.493 e. The second-order valence-corrected chi connectivity index (χ2v) is 6.62. The van der Waals surface area contributed by atoms with E-state index >= 15 is 0 Å². The summed E-state index contributed by atoms with van der Waals surface area (Å²) in [5.74, 6) is 0.987. The van der Waals surface area contributed by atoms with Gasteiger partial charge in [-0.1, -0.05) is 6.07 Å². The van der Waals surface area contributed by atoms with E-state index in [4.69, 9.17) is 15.5 Å². The molecule has 0 saturated carbocycles. The lowest BCUT2D eigenvalue weighted by molar-refractivity contribution is 0.357. The number of likely N-dealkylation sites (N-methyl/N-ethyl adjacent to an activating group) is 1. The molecular formula is C20H22N4O. The average molecular weight is 334 g/mol. The summed E-state index contributed by atoms with van der Waals surface area (Å²) >= 11 is 0. The van der Waals surface area contributed by atoms with Crippen LogP contribution in [-0.2, 0) is 13.0 Å². The molecule has 0 radical (unpaired) electrons. The quantitative estimate of drug-likeness (QED) is 0.871. The van der Waals surface area contributed by atoms with E-state index in [2.05, 4.69) is 29.1 Å². The summed E-state index contributed by atoms with van der Waals surface area (Å²) in [5.41, 5.74) is 12.8. The average Bonchev–Trinajstić information content (AvgIpc) is 3.22. The first-order valence-electron chi connectivity index (χ1n) is 8.56. The van der Waals surface area contributed by atoms with Crippen LogP contribution >= 0.6 is 0 Å². The Balaban J connectivity index is 1.72. The maximum atomic E-state index is 6.31. The summed E-state index contributed by atoms with van der Waals surface area (Å²) in [4.78, 5) is 11.3. The van der Waals surface area contributed by atoms with Gasteiger partial charge < -0.3 is 10.5 Å². The zero-order chi connectivity index (χ0) is 17.2. The highest BCUT2D eigenvalue weighted by molar-refractivity contribution is 6.13. The van der Waals surface area contributed by atoms with Crippen molar-refractivity contribution in [1.29, 1.82) is 0 Å². The Kier molecular flexibility index (Phi) is 4.24. The van der Waals surface area contributed by atoms with Gasteiger partial charge in [0, 0.05) is 48.7 Å². The third-order valence-corrected chi connectivity index (χ3v) is 4.65. The number of benzene rings is 1. The molecule has 0 atom stereocenters. The van der Waals surface area contributed by atoms with Crippen LogP contribution in [0.25, 0.3) is 0 Å². The van der Waals surface area contributed by atoms with E-state index in [9.17, 15) is 0 Å². The molecule has 4 rings (SSSR count). The van der Waals surface area contributed by atoms with Crippen LogP contribution in [0, 0.1) is 0 Å². The molecule has 25 heavy (non-hydrogen) atoms. The second-order valence-electron chi connectivity index (χ2n) is 6.62. The fourth-order valence-electron chi connectivity index (χ4n) is 3.40. The van der Waals surface area contributed by atoms with E-state index in [0.29, 0.717) is 6.54 Å². The van der Waals surface area contributed by atoms with E-state index in [-0.39, 0.29) is 0 Å². The highest BCUT2D eigenvalue weighted by Gasteiger charge is 2.23. The molecule has 0 saturated heterocycles. The van der Waals surface area contributed by atoms with Crippen LogP contribution in [0.1, 0.15) is 16.7 Å². The van der Waals surface area contributed by atoms with Crippen LogP contribution < -0.4 is 10.5 Å². The van der Waals surface area contributed by atoms with Crippen LogP contribution in [0.2, 0.25) is 0 Å². The van der Waals surface area contributed by atoms with Crippen LogP contribution in [0.15, 0.2) is 59.0 Å². The molecule has 2 N–H and O–H groups in total. The Morgan fingerprint density at radius 3 is 3.00 bits per heavy atom. The number of nitrogens with two attached hydrogens (primary N) is 1.